The lowest BCUT2D eigenvalue weighted by molar-refractivity contribution is -0.146. The Hall–Kier alpha value is -1.47. The molecule has 0 atom stereocenters. The second-order valence-corrected chi connectivity index (χ2v) is 4.32. The molecule has 0 aromatic rings. The third-order valence-corrected chi connectivity index (χ3v) is 2.02. The normalized spacial score (nSPS) is 12.1. The monoisotopic (exact) mass is 256 g/mol. The summed E-state index contributed by atoms with van der Waals surface area (Å²) in [5.41, 5.74) is -1.23. The minimum atomic E-state index is -4.48. The first kappa shape index (κ1) is 15.5. The Kier molecular flexibility index (Phi) is 4.79. The fourth-order valence-corrected chi connectivity index (χ4v) is 0.848. The lowest BCUT2D eigenvalue weighted by Crippen LogP contribution is -2.46. The van der Waals surface area contributed by atoms with E-state index in [1.807, 2.05) is 0 Å². The molecule has 0 aliphatic carbocycles. The third-order valence-electron chi connectivity index (χ3n) is 2.02. The average molecular weight is 256 g/mol. The van der Waals surface area contributed by atoms with Gasteiger partial charge in [0.15, 0.2) is 0 Å². The zero-order valence-electron chi connectivity index (χ0n) is 9.76. The molecule has 2 amide bonds. The molecular weight excluding hydrogens is 241 g/mol. The van der Waals surface area contributed by atoms with E-state index in [0.29, 0.717) is 4.90 Å². The van der Waals surface area contributed by atoms with Crippen molar-refractivity contribution in [2.24, 2.45) is 5.41 Å². The molecule has 5 nitrogen and oxygen atoms in total. The molecule has 0 aromatic heterocycles. The Labute approximate surface area is 96.6 Å². The van der Waals surface area contributed by atoms with E-state index in [-0.39, 0.29) is 6.54 Å². The minimum Gasteiger partial charge on any atom is -0.481 e. The van der Waals surface area contributed by atoms with E-state index in [0.717, 1.165) is 7.05 Å². The van der Waals surface area contributed by atoms with E-state index in [1.54, 1.807) is 0 Å². The van der Waals surface area contributed by atoms with Crippen molar-refractivity contribution in [1.82, 2.24) is 10.2 Å². The molecule has 0 spiro atoms. The second-order valence-electron chi connectivity index (χ2n) is 4.32. The number of hydrogen-bond acceptors (Lipinski definition) is 2. The summed E-state index contributed by atoms with van der Waals surface area (Å²) in [5.74, 6) is -1.14. The lowest BCUT2D eigenvalue weighted by atomic mass is 9.94. The van der Waals surface area contributed by atoms with Crippen LogP contribution in [0.5, 0.6) is 0 Å². The number of carboxylic acids is 1. The number of rotatable bonds is 4. The van der Waals surface area contributed by atoms with Gasteiger partial charge in [-0.25, -0.2) is 4.79 Å². The summed E-state index contributed by atoms with van der Waals surface area (Å²) in [6.07, 6.45) is -4.48. The number of aliphatic carboxylic acids is 1. The highest BCUT2D eigenvalue weighted by Crippen LogP contribution is 2.16. The number of nitrogens with one attached hydrogen (secondary N) is 1. The first-order valence-corrected chi connectivity index (χ1v) is 4.75. The fourth-order valence-electron chi connectivity index (χ4n) is 0.848. The quantitative estimate of drug-likeness (QED) is 0.796. The van der Waals surface area contributed by atoms with Gasteiger partial charge < -0.3 is 15.3 Å². The van der Waals surface area contributed by atoms with Crippen molar-refractivity contribution >= 4 is 12.0 Å². The number of carbonyl (C=O) groups is 2. The number of carbonyl (C=O) groups excluding carboxylic acids is 1. The van der Waals surface area contributed by atoms with Gasteiger partial charge in [-0.05, 0) is 13.8 Å². The van der Waals surface area contributed by atoms with Crippen LogP contribution in [0.3, 0.4) is 0 Å². The van der Waals surface area contributed by atoms with Gasteiger partial charge in [0.1, 0.15) is 6.54 Å². The van der Waals surface area contributed by atoms with Crippen LogP contribution in [0.2, 0.25) is 0 Å². The van der Waals surface area contributed by atoms with Crippen LogP contribution in [0, 0.1) is 5.41 Å². The van der Waals surface area contributed by atoms with E-state index in [4.69, 9.17) is 5.11 Å². The Morgan fingerprint density at radius 1 is 1.29 bits per heavy atom. The van der Waals surface area contributed by atoms with Crippen LogP contribution < -0.4 is 5.32 Å². The number of halogens is 3. The van der Waals surface area contributed by atoms with Gasteiger partial charge in [-0.3, -0.25) is 4.79 Å². The Balaban J connectivity index is 4.24. The maximum atomic E-state index is 12.0. The first-order valence-electron chi connectivity index (χ1n) is 4.75. The highest BCUT2D eigenvalue weighted by molar-refractivity contribution is 5.77. The summed E-state index contributed by atoms with van der Waals surface area (Å²) in [7, 11) is 0.983. The van der Waals surface area contributed by atoms with E-state index < -0.39 is 30.1 Å². The summed E-state index contributed by atoms with van der Waals surface area (Å²) in [5, 5.41) is 10.9. The molecule has 0 aromatic carbocycles. The molecule has 100 valence electrons. The lowest BCUT2D eigenvalue weighted by Gasteiger charge is -2.23. The summed E-state index contributed by atoms with van der Waals surface area (Å²) >= 11 is 0. The van der Waals surface area contributed by atoms with Crippen LogP contribution in [-0.4, -0.2) is 48.3 Å². The molecule has 0 heterocycles. The fraction of sp³-hybridized carbons (Fsp3) is 0.778. The minimum absolute atomic E-state index is 0.247. The van der Waals surface area contributed by atoms with Crippen LogP contribution >= 0.6 is 0 Å². The van der Waals surface area contributed by atoms with Crippen molar-refractivity contribution in [3.63, 3.8) is 0 Å². The number of urea groups is 1. The molecule has 0 aliphatic heterocycles. The van der Waals surface area contributed by atoms with Crippen molar-refractivity contribution in [1.29, 1.82) is 0 Å². The van der Waals surface area contributed by atoms with Gasteiger partial charge in [0.25, 0.3) is 0 Å². The molecule has 0 unspecified atom stereocenters. The first-order chi connectivity index (χ1) is 7.46. The Bertz CT molecular complexity index is 302. The highest BCUT2D eigenvalue weighted by atomic mass is 19.4. The van der Waals surface area contributed by atoms with Crippen molar-refractivity contribution in [3.8, 4) is 0 Å². The van der Waals surface area contributed by atoms with Gasteiger partial charge in [-0.15, -0.1) is 0 Å². The predicted octanol–water partition coefficient (Wildman–Crippen LogP) is 1.30. The molecule has 17 heavy (non-hydrogen) atoms. The highest BCUT2D eigenvalue weighted by Gasteiger charge is 2.32. The molecule has 0 aliphatic rings. The number of nitrogens with zero attached hydrogens (tertiary/aromatic N) is 1. The van der Waals surface area contributed by atoms with Crippen LogP contribution in [0.1, 0.15) is 13.8 Å². The van der Waals surface area contributed by atoms with Crippen molar-refractivity contribution in [3.05, 3.63) is 0 Å². The molecule has 2 N–H and O–H groups in total. The summed E-state index contributed by atoms with van der Waals surface area (Å²) < 4.78 is 35.9. The van der Waals surface area contributed by atoms with Crippen molar-refractivity contribution in [2.75, 3.05) is 20.1 Å². The summed E-state index contributed by atoms with van der Waals surface area (Å²) in [6.45, 7) is 1.09. The van der Waals surface area contributed by atoms with Crippen molar-refractivity contribution in [2.45, 2.75) is 20.0 Å². The molecule has 0 saturated heterocycles. The van der Waals surface area contributed by atoms with Gasteiger partial charge >= 0.3 is 18.2 Å². The zero-order chi connectivity index (χ0) is 13.9. The maximum absolute atomic E-state index is 12.0. The van der Waals surface area contributed by atoms with Crippen LogP contribution in [0.4, 0.5) is 18.0 Å². The van der Waals surface area contributed by atoms with Crippen LogP contribution in [0.25, 0.3) is 0 Å². The van der Waals surface area contributed by atoms with E-state index in [2.05, 4.69) is 5.32 Å². The van der Waals surface area contributed by atoms with Crippen molar-refractivity contribution < 1.29 is 27.9 Å². The average Bonchev–Trinajstić information content (AvgIpc) is 2.11. The number of amides is 2. The molecular formula is C9H15F3N2O3. The zero-order valence-corrected chi connectivity index (χ0v) is 9.76. The van der Waals surface area contributed by atoms with Crippen LogP contribution in [-0.2, 0) is 4.79 Å². The van der Waals surface area contributed by atoms with Gasteiger partial charge in [0, 0.05) is 13.6 Å². The van der Waals surface area contributed by atoms with E-state index in [1.165, 1.54) is 13.8 Å². The maximum Gasteiger partial charge on any atom is 0.406 e. The molecule has 0 bridgehead atoms. The molecule has 8 heteroatoms. The van der Waals surface area contributed by atoms with E-state index in [9.17, 15) is 22.8 Å². The SMILES string of the molecule is CN(CC(F)(F)F)C(=O)NCC(C)(C)C(=O)O. The van der Waals surface area contributed by atoms with Gasteiger partial charge in [-0.2, -0.15) is 13.2 Å². The Morgan fingerprint density at radius 2 is 1.76 bits per heavy atom. The van der Waals surface area contributed by atoms with Crippen LogP contribution in [0.15, 0.2) is 0 Å². The predicted molar refractivity (Wildman–Crippen MR) is 53.5 cm³/mol. The topological polar surface area (TPSA) is 69.6 Å². The number of alkyl halides is 3. The molecule has 0 fully saturated rings. The summed E-state index contributed by atoms with van der Waals surface area (Å²) in [6, 6.07) is -0.961. The van der Waals surface area contributed by atoms with E-state index >= 15 is 0 Å². The van der Waals surface area contributed by atoms with Gasteiger partial charge in [0.05, 0.1) is 5.41 Å². The summed E-state index contributed by atoms with van der Waals surface area (Å²) in [4.78, 5) is 22.3. The smallest absolute Gasteiger partial charge is 0.406 e. The van der Waals surface area contributed by atoms with Gasteiger partial charge in [-0.1, -0.05) is 0 Å². The molecule has 0 saturated carbocycles. The molecule has 0 rings (SSSR count). The number of carboxylic acid groups (broad SMARTS) is 1. The standard InChI is InChI=1S/C9H15F3N2O3/c1-8(2,6(15)16)4-13-7(17)14(3)5-9(10,11)12/h4-5H2,1-3H3,(H,13,17)(H,15,16). The largest absolute Gasteiger partial charge is 0.481 e. The molecule has 0 radical (unpaired) electrons. The number of hydrogen-bond donors (Lipinski definition) is 2. The Morgan fingerprint density at radius 3 is 2.12 bits per heavy atom. The second kappa shape index (κ2) is 5.24. The third kappa shape index (κ3) is 5.98. The van der Waals surface area contributed by atoms with Gasteiger partial charge in [0.2, 0.25) is 0 Å².